The summed E-state index contributed by atoms with van der Waals surface area (Å²) < 4.78 is 62.5. The van der Waals surface area contributed by atoms with Crippen LogP contribution in [0.15, 0.2) is 0 Å². The van der Waals surface area contributed by atoms with E-state index < -0.39 is 20.2 Å². The van der Waals surface area contributed by atoms with Gasteiger partial charge in [-0.2, -0.15) is 16.8 Å². The van der Waals surface area contributed by atoms with Crippen molar-refractivity contribution < 1.29 is 34.7 Å². The second-order valence-electron chi connectivity index (χ2n) is 4.26. The number of hydrogen-bond acceptors (Lipinski definition) is 8. The van der Waals surface area contributed by atoms with E-state index in [4.69, 9.17) is 9.47 Å². The molecule has 0 aliphatic carbocycles. The summed E-state index contributed by atoms with van der Waals surface area (Å²) in [5, 5.41) is 0. The van der Waals surface area contributed by atoms with Crippen LogP contribution in [0.2, 0.25) is 0 Å². The number of hydrogen-bond donors (Lipinski definition) is 0. The monoisotopic (exact) mass is 302 g/mol. The Labute approximate surface area is 105 Å². The summed E-state index contributed by atoms with van der Waals surface area (Å²) in [5.41, 5.74) is 0. The van der Waals surface area contributed by atoms with Crippen molar-refractivity contribution in [3.05, 3.63) is 0 Å². The molecular formula is C8H14O8S2. The largest absolute Gasteiger partial charge is 0.364 e. The highest BCUT2D eigenvalue weighted by Crippen LogP contribution is 2.39. The Morgan fingerprint density at radius 3 is 1.44 bits per heavy atom. The molecule has 2 heterocycles. The molecule has 0 bridgehead atoms. The maximum absolute atomic E-state index is 10.7. The summed E-state index contributed by atoms with van der Waals surface area (Å²) in [4.78, 5) is 0. The fourth-order valence-corrected chi connectivity index (χ4v) is 2.30. The molecule has 0 unspecified atom stereocenters. The van der Waals surface area contributed by atoms with Crippen molar-refractivity contribution in [3.63, 3.8) is 0 Å². The molecule has 0 radical (unpaired) electrons. The van der Waals surface area contributed by atoms with Gasteiger partial charge in [-0.25, -0.2) is 0 Å². The molecule has 0 aromatic heterocycles. The Morgan fingerprint density at radius 2 is 1.17 bits per heavy atom. The first-order chi connectivity index (χ1) is 8.16. The molecular weight excluding hydrogens is 288 g/mol. The van der Waals surface area contributed by atoms with Gasteiger partial charge in [0.1, 0.15) is 24.4 Å². The smallest absolute Gasteiger partial charge is 0.264 e. The SMILES string of the molecule is CS(=O)(=O)OC[C@H]1O[C@@H]1[C@@H]1O[C@@H]1COS(C)(=O)=O. The Morgan fingerprint density at radius 1 is 0.833 bits per heavy atom. The van der Waals surface area contributed by atoms with Crippen LogP contribution in [-0.4, -0.2) is 67.0 Å². The molecule has 4 atom stereocenters. The fraction of sp³-hybridized carbons (Fsp3) is 1.00. The van der Waals surface area contributed by atoms with E-state index in [9.17, 15) is 16.8 Å². The summed E-state index contributed by atoms with van der Waals surface area (Å²) >= 11 is 0. The van der Waals surface area contributed by atoms with E-state index in [-0.39, 0.29) is 37.6 Å². The third kappa shape index (κ3) is 4.44. The van der Waals surface area contributed by atoms with Crippen molar-refractivity contribution in [2.75, 3.05) is 25.7 Å². The second-order valence-corrected chi connectivity index (χ2v) is 7.54. The normalized spacial score (nSPS) is 35.4. The van der Waals surface area contributed by atoms with Crippen molar-refractivity contribution in [2.24, 2.45) is 0 Å². The van der Waals surface area contributed by atoms with Crippen LogP contribution in [-0.2, 0) is 38.1 Å². The highest BCUT2D eigenvalue weighted by Gasteiger charge is 2.57. The summed E-state index contributed by atoms with van der Waals surface area (Å²) in [6, 6.07) is 0. The van der Waals surface area contributed by atoms with Crippen LogP contribution in [0.3, 0.4) is 0 Å². The van der Waals surface area contributed by atoms with Gasteiger partial charge in [-0.3, -0.25) is 8.37 Å². The van der Waals surface area contributed by atoms with Gasteiger partial charge in [-0.15, -0.1) is 0 Å². The first-order valence-corrected chi connectivity index (χ1v) is 8.79. The molecule has 2 fully saturated rings. The first-order valence-electron chi connectivity index (χ1n) is 5.15. The van der Waals surface area contributed by atoms with Crippen molar-refractivity contribution in [1.29, 1.82) is 0 Å². The van der Waals surface area contributed by atoms with Crippen LogP contribution in [0, 0.1) is 0 Å². The van der Waals surface area contributed by atoms with Gasteiger partial charge in [-0.1, -0.05) is 0 Å². The van der Waals surface area contributed by atoms with E-state index in [0.717, 1.165) is 12.5 Å². The van der Waals surface area contributed by atoms with E-state index >= 15 is 0 Å². The highest BCUT2D eigenvalue weighted by atomic mass is 32.2. The zero-order chi connectivity index (χ0) is 13.6. The van der Waals surface area contributed by atoms with Gasteiger partial charge < -0.3 is 9.47 Å². The minimum atomic E-state index is -3.48. The molecule has 10 heteroatoms. The summed E-state index contributed by atoms with van der Waals surface area (Å²) in [6.07, 6.45) is 0.766. The minimum Gasteiger partial charge on any atom is -0.364 e. The van der Waals surface area contributed by atoms with E-state index in [1.807, 2.05) is 0 Å². The molecule has 8 nitrogen and oxygen atoms in total. The van der Waals surface area contributed by atoms with E-state index in [1.54, 1.807) is 0 Å². The topological polar surface area (TPSA) is 112 Å². The Kier molecular flexibility index (Phi) is 3.69. The van der Waals surface area contributed by atoms with Crippen molar-refractivity contribution in [1.82, 2.24) is 0 Å². The Hall–Kier alpha value is -0.260. The van der Waals surface area contributed by atoms with Gasteiger partial charge in [0.2, 0.25) is 0 Å². The van der Waals surface area contributed by atoms with Gasteiger partial charge in [0.05, 0.1) is 25.7 Å². The standard InChI is InChI=1S/C8H14O8S2/c1-17(9,10)13-3-5-7(15-5)8-6(16-8)4-14-18(2,11)12/h5-8H,3-4H2,1-2H3/t5-,6-,7-,8+/m1/s1. The molecule has 18 heavy (non-hydrogen) atoms. The van der Waals surface area contributed by atoms with Crippen LogP contribution in [0.4, 0.5) is 0 Å². The predicted molar refractivity (Wildman–Crippen MR) is 58.9 cm³/mol. The lowest BCUT2D eigenvalue weighted by Gasteiger charge is -1.96. The molecule has 0 saturated carbocycles. The van der Waals surface area contributed by atoms with Crippen molar-refractivity contribution >= 4 is 20.2 Å². The number of epoxide rings is 2. The zero-order valence-corrected chi connectivity index (χ0v) is 11.4. The molecule has 0 amide bonds. The second kappa shape index (κ2) is 4.69. The van der Waals surface area contributed by atoms with Gasteiger partial charge in [0.25, 0.3) is 20.2 Å². The van der Waals surface area contributed by atoms with Crippen LogP contribution in [0.25, 0.3) is 0 Å². The average molecular weight is 302 g/mol. The predicted octanol–water partition coefficient (Wildman–Crippen LogP) is -1.53. The summed E-state index contributed by atoms with van der Waals surface area (Å²) in [7, 11) is -6.95. The van der Waals surface area contributed by atoms with Crippen LogP contribution < -0.4 is 0 Å². The number of ether oxygens (including phenoxy) is 2. The van der Waals surface area contributed by atoms with Crippen molar-refractivity contribution in [2.45, 2.75) is 24.4 Å². The lowest BCUT2D eigenvalue weighted by molar-refractivity contribution is 0.255. The van der Waals surface area contributed by atoms with E-state index in [0.29, 0.717) is 0 Å². The first kappa shape index (κ1) is 14.2. The summed E-state index contributed by atoms with van der Waals surface area (Å²) in [6.45, 7) is -0.105. The molecule has 2 rings (SSSR count). The summed E-state index contributed by atoms with van der Waals surface area (Å²) in [5.74, 6) is 0. The lowest BCUT2D eigenvalue weighted by Crippen LogP contribution is -2.16. The highest BCUT2D eigenvalue weighted by molar-refractivity contribution is 7.86. The third-order valence-electron chi connectivity index (χ3n) is 2.46. The lowest BCUT2D eigenvalue weighted by atomic mass is 10.2. The maximum atomic E-state index is 10.7. The molecule has 2 aliphatic rings. The van der Waals surface area contributed by atoms with Gasteiger partial charge in [-0.05, 0) is 0 Å². The van der Waals surface area contributed by atoms with Crippen LogP contribution in [0.5, 0.6) is 0 Å². The molecule has 106 valence electrons. The van der Waals surface area contributed by atoms with Gasteiger partial charge in [0, 0.05) is 0 Å². The molecule has 2 aliphatic heterocycles. The van der Waals surface area contributed by atoms with Gasteiger partial charge in [0.15, 0.2) is 0 Å². The fourth-order valence-electron chi connectivity index (χ4n) is 1.54. The number of rotatable bonds is 7. The minimum absolute atomic E-state index is 0.0526. The molecule has 0 N–H and O–H groups in total. The van der Waals surface area contributed by atoms with Gasteiger partial charge >= 0.3 is 0 Å². The Bertz CT molecular complexity index is 461. The molecule has 2 saturated heterocycles. The van der Waals surface area contributed by atoms with Crippen LogP contribution in [0.1, 0.15) is 0 Å². The third-order valence-corrected chi connectivity index (χ3v) is 3.59. The molecule has 0 aromatic rings. The van der Waals surface area contributed by atoms with Crippen LogP contribution >= 0.6 is 0 Å². The van der Waals surface area contributed by atoms with E-state index in [1.165, 1.54) is 0 Å². The quantitative estimate of drug-likeness (QED) is 0.411. The molecule has 0 spiro atoms. The van der Waals surface area contributed by atoms with E-state index in [2.05, 4.69) is 8.37 Å². The molecule has 0 aromatic carbocycles. The van der Waals surface area contributed by atoms with Crippen molar-refractivity contribution in [3.8, 4) is 0 Å². The zero-order valence-electron chi connectivity index (χ0n) is 9.81. The Balaban J connectivity index is 1.66. The maximum Gasteiger partial charge on any atom is 0.264 e. The average Bonchev–Trinajstić information content (AvgIpc) is 3.04.